The molecule has 3 heteroatoms. The van der Waals surface area contributed by atoms with Gasteiger partial charge in [-0.1, -0.05) is 39.8 Å². The number of rotatable bonds is 6. The zero-order valence-electron chi connectivity index (χ0n) is 12.4. The van der Waals surface area contributed by atoms with E-state index in [-0.39, 0.29) is 5.24 Å². The molecule has 0 spiro atoms. The molecule has 0 heterocycles. The van der Waals surface area contributed by atoms with Crippen molar-refractivity contribution in [1.29, 1.82) is 0 Å². The topological polar surface area (TPSA) is 26.3 Å². The Kier molecular flexibility index (Phi) is 6.02. The highest BCUT2D eigenvalue weighted by molar-refractivity contribution is 6.63. The summed E-state index contributed by atoms with van der Waals surface area (Å²) in [6.45, 7) is 9.14. The highest BCUT2D eigenvalue weighted by Gasteiger charge is 2.17. The maximum absolute atomic E-state index is 11.3. The second-order valence-electron chi connectivity index (χ2n) is 5.53. The largest absolute Gasteiger partial charge is 0.380 e. The van der Waals surface area contributed by atoms with Crippen LogP contribution in [0.1, 0.15) is 61.8 Å². The van der Waals surface area contributed by atoms with Crippen LogP contribution in [0, 0.1) is 0 Å². The number of carbonyl (C=O) groups is 1. The van der Waals surface area contributed by atoms with Gasteiger partial charge < -0.3 is 4.74 Å². The summed E-state index contributed by atoms with van der Waals surface area (Å²) < 4.78 is 5.23. The summed E-state index contributed by atoms with van der Waals surface area (Å²) in [5, 5.41) is -0.303. The molecule has 0 saturated carbocycles. The van der Waals surface area contributed by atoms with E-state index in [1.807, 2.05) is 0 Å². The number of carbonyl (C=O) groups excluding carboxylic acids is 1. The molecule has 0 aromatic heterocycles. The van der Waals surface area contributed by atoms with Crippen molar-refractivity contribution in [2.45, 2.75) is 52.6 Å². The molecule has 0 amide bonds. The van der Waals surface area contributed by atoms with Crippen LogP contribution in [0.15, 0.2) is 12.1 Å². The first-order valence-corrected chi connectivity index (χ1v) is 7.07. The van der Waals surface area contributed by atoms with Crippen LogP contribution >= 0.6 is 11.6 Å². The average Bonchev–Trinajstić information content (AvgIpc) is 2.29. The summed E-state index contributed by atoms with van der Waals surface area (Å²) in [5.41, 5.74) is 4.64. The van der Waals surface area contributed by atoms with E-state index in [2.05, 4.69) is 39.8 Å². The minimum atomic E-state index is -0.303. The number of ether oxygens (including phenoxy) is 1. The molecular formula is C16H23ClO2. The first-order chi connectivity index (χ1) is 8.86. The molecule has 0 radical (unpaired) electrons. The van der Waals surface area contributed by atoms with E-state index < -0.39 is 0 Å². The van der Waals surface area contributed by atoms with Gasteiger partial charge in [0.15, 0.2) is 0 Å². The first-order valence-electron chi connectivity index (χ1n) is 6.69. The fraction of sp³-hybridized carbons (Fsp3) is 0.562. The number of halogens is 1. The summed E-state index contributed by atoms with van der Waals surface area (Å²) in [7, 11) is 1.69. The van der Waals surface area contributed by atoms with E-state index in [1.54, 1.807) is 7.11 Å². The van der Waals surface area contributed by atoms with Crippen LogP contribution in [0.5, 0.6) is 0 Å². The van der Waals surface area contributed by atoms with Crippen LogP contribution in [-0.4, -0.2) is 12.4 Å². The van der Waals surface area contributed by atoms with Gasteiger partial charge >= 0.3 is 0 Å². The molecule has 0 unspecified atom stereocenters. The van der Waals surface area contributed by atoms with Crippen molar-refractivity contribution >= 4 is 16.8 Å². The van der Waals surface area contributed by atoms with Gasteiger partial charge in [-0.05, 0) is 45.7 Å². The highest BCUT2D eigenvalue weighted by atomic mass is 35.5. The van der Waals surface area contributed by atoms with Crippen molar-refractivity contribution in [3.63, 3.8) is 0 Å². The fourth-order valence-corrected chi connectivity index (χ4v) is 2.54. The Labute approximate surface area is 121 Å². The molecule has 0 N–H and O–H groups in total. The average molecular weight is 283 g/mol. The van der Waals surface area contributed by atoms with Gasteiger partial charge in [-0.15, -0.1) is 0 Å². The van der Waals surface area contributed by atoms with E-state index in [0.717, 1.165) is 11.1 Å². The van der Waals surface area contributed by atoms with Crippen molar-refractivity contribution in [2.24, 2.45) is 0 Å². The number of benzene rings is 1. The van der Waals surface area contributed by atoms with Crippen LogP contribution in [0.25, 0.3) is 0 Å². The lowest BCUT2D eigenvalue weighted by atomic mass is 9.85. The third kappa shape index (κ3) is 4.32. The SMILES string of the molecule is COCc1cc(C(C)C)c(CC(=O)Cl)c(C(C)C)c1. The lowest BCUT2D eigenvalue weighted by Gasteiger charge is -2.20. The first kappa shape index (κ1) is 16.2. The van der Waals surface area contributed by atoms with E-state index in [9.17, 15) is 4.79 Å². The maximum atomic E-state index is 11.3. The molecule has 106 valence electrons. The third-order valence-electron chi connectivity index (χ3n) is 3.25. The third-order valence-corrected chi connectivity index (χ3v) is 3.38. The van der Waals surface area contributed by atoms with Gasteiger partial charge in [0.05, 0.1) is 6.61 Å². The van der Waals surface area contributed by atoms with Gasteiger partial charge in [0.25, 0.3) is 0 Å². The predicted molar refractivity (Wildman–Crippen MR) is 79.9 cm³/mol. The second-order valence-corrected chi connectivity index (χ2v) is 5.95. The van der Waals surface area contributed by atoms with Crippen LogP contribution < -0.4 is 0 Å². The molecular weight excluding hydrogens is 260 g/mol. The molecule has 1 rings (SSSR count). The van der Waals surface area contributed by atoms with Crippen LogP contribution in [0.3, 0.4) is 0 Å². The quantitative estimate of drug-likeness (QED) is 0.724. The Morgan fingerprint density at radius 2 is 1.63 bits per heavy atom. The van der Waals surface area contributed by atoms with Crippen molar-refractivity contribution in [3.8, 4) is 0 Å². The van der Waals surface area contributed by atoms with Gasteiger partial charge in [-0.25, -0.2) is 0 Å². The van der Waals surface area contributed by atoms with Crippen LogP contribution in [0.2, 0.25) is 0 Å². The standard InChI is InChI=1S/C16H23ClO2/c1-10(2)13-6-12(9-19-5)7-14(11(3)4)15(13)8-16(17)18/h6-7,10-11H,8-9H2,1-5H3. The molecule has 0 bridgehead atoms. The number of hydrogen-bond donors (Lipinski definition) is 0. The maximum Gasteiger partial charge on any atom is 0.226 e. The Morgan fingerprint density at radius 3 is 1.95 bits per heavy atom. The predicted octanol–water partition coefficient (Wildman–Crippen LogP) is 4.39. The van der Waals surface area contributed by atoms with E-state index in [0.29, 0.717) is 24.9 Å². The summed E-state index contributed by atoms with van der Waals surface area (Å²) in [5.74, 6) is 0.723. The minimum Gasteiger partial charge on any atom is -0.380 e. The Morgan fingerprint density at radius 1 is 1.16 bits per heavy atom. The van der Waals surface area contributed by atoms with Gasteiger partial charge in [-0.3, -0.25) is 4.79 Å². The van der Waals surface area contributed by atoms with Crippen LogP contribution in [-0.2, 0) is 22.6 Å². The molecule has 0 atom stereocenters. The van der Waals surface area contributed by atoms with E-state index >= 15 is 0 Å². The highest BCUT2D eigenvalue weighted by Crippen LogP contribution is 2.30. The zero-order chi connectivity index (χ0) is 14.6. The summed E-state index contributed by atoms with van der Waals surface area (Å²) in [6, 6.07) is 4.27. The molecule has 0 aliphatic carbocycles. The summed E-state index contributed by atoms with van der Waals surface area (Å²) >= 11 is 5.60. The van der Waals surface area contributed by atoms with Gasteiger partial charge in [0.1, 0.15) is 0 Å². The summed E-state index contributed by atoms with van der Waals surface area (Å²) in [4.78, 5) is 11.3. The number of methoxy groups -OCH3 is 1. The van der Waals surface area contributed by atoms with E-state index in [4.69, 9.17) is 16.3 Å². The molecule has 0 aliphatic rings. The number of hydrogen-bond acceptors (Lipinski definition) is 2. The molecule has 0 saturated heterocycles. The Balaban J connectivity index is 3.41. The molecule has 0 fully saturated rings. The van der Waals surface area contributed by atoms with Gasteiger partial charge in [0.2, 0.25) is 5.24 Å². The van der Waals surface area contributed by atoms with Crippen molar-refractivity contribution in [1.82, 2.24) is 0 Å². The normalized spacial score (nSPS) is 11.4. The Bertz CT molecular complexity index is 421. The van der Waals surface area contributed by atoms with Gasteiger partial charge in [0, 0.05) is 13.5 Å². The van der Waals surface area contributed by atoms with Crippen molar-refractivity contribution in [2.75, 3.05) is 7.11 Å². The molecule has 1 aromatic carbocycles. The minimum absolute atomic E-state index is 0.301. The molecule has 0 aliphatic heterocycles. The van der Waals surface area contributed by atoms with Crippen molar-refractivity contribution < 1.29 is 9.53 Å². The zero-order valence-corrected chi connectivity index (χ0v) is 13.2. The van der Waals surface area contributed by atoms with E-state index in [1.165, 1.54) is 11.1 Å². The molecule has 1 aromatic rings. The van der Waals surface area contributed by atoms with Crippen molar-refractivity contribution in [3.05, 3.63) is 34.4 Å². The summed E-state index contributed by atoms with van der Waals surface area (Å²) in [6.07, 6.45) is 0.301. The van der Waals surface area contributed by atoms with Gasteiger partial charge in [-0.2, -0.15) is 0 Å². The fourth-order valence-electron chi connectivity index (χ4n) is 2.41. The second kappa shape index (κ2) is 7.06. The van der Waals surface area contributed by atoms with Crippen LogP contribution in [0.4, 0.5) is 0 Å². The Hall–Kier alpha value is -0.860. The smallest absolute Gasteiger partial charge is 0.226 e. The molecule has 19 heavy (non-hydrogen) atoms. The molecule has 2 nitrogen and oxygen atoms in total. The monoisotopic (exact) mass is 282 g/mol. The lowest BCUT2D eigenvalue weighted by Crippen LogP contribution is -2.08. The lowest BCUT2D eigenvalue weighted by molar-refractivity contribution is -0.111.